The number of fused-ring (bicyclic) bond motifs is 2. The van der Waals surface area contributed by atoms with Gasteiger partial charge in [0.05, 0.1) is 12.5 Å². The molecule has 3 aliphatic rings. The third-order valence-electron chi connectivity index (χ3n) is 4.36. The van der Waals surface area contributed by atoms with Gasteiger partial charge in [0.15, 0.2) is 22.5 Å². The van der Waals surface area contributed by atoms with Crippen LogP contribution in [0.4, 0.5) is 0 Å². The SMILES string of the molecule is c1ccc(CCn2cncc3nc(Sc4ccc5c(c4)OCO5)nc2-3)cc1. The van der Waals surface area contributed by atoms with Crippen molar-refractivity contribution in [3.05, 3.63) is 66.6 Å². The lowest BCUT2D eigenvalue weighted by atomic mass is 10.1. The smallest absolute Gasteiger partial charge is 0.231 e. The predicted octanol–water partition coefficient (Wildman–Crippen LogP) is 3.90. The summed E-state index contributed by atoms with van der Waals surface area (Å²) >= 11 is 1.50. The highest BCUT2D eigenvalue weighted by molar-refractivity contribution is 7.99. The molecule has 7 heteroatoms. The summed E-state index contributed by atoms with van der Waals surface area (Å²) in [5, 5.41) is 0.699. The summed E-state index contributed by atoms with van der Waals surface area (Å²) in [5.74, 6) is 2.38. The lowest BCUT2D eigenvalue weighted by molar-refractivity contribution is 0.174. The van der Waals surface area contributed by atoms with Gasteiger partial charge in [0.1, 0.15) is 5.69 Å². The Morgan fingerprint density at radius 2 is 1.89 bits per heavy atom. The Bertz CT molecular complexity index is 1050. The van der Waals surface area contributed by atoms with Crippen molar-refractivity contribution in [2.45, 2.75) is 23.0 Å². The van der Waals surface area contributed by atoms with Gasteiger partial charge in [-0.1, -0.05) is 30.3 Å². The molecule has 5 rings (SSSR count). The maximum atomic E-state index is 5.44. The van der Waals surface area contributed by atoms with Crippen LogP contribution in [0.2, 0.25) is 0 Å². The zero-order chi connectivity index (χ0) is 18.1. The predicted molar refractivity (Wildman–Crippen MR) is 101 cm³/mol. The number of hydrogen-bond acceptors (Lipinski definition) is 6. The Hall–Kier alpha value is -3.06. The van der Waals surface area contributed by atoms with Crippen molar-refractivity contribution >= 4 is 11.8 Å². The monoisotopic (exact) mass is 376 g/mol. The van der Waals surface area contributed by atoms with Gasteiger partial charge in [-0.3, -0.25) is 0 Å². The maximum absolute atomic E-state index is 5.44. The second-order valence-corrected chi connectivity index (χ2v) is 7.20. The molecule has 0 atom stereocenters. The van der Waals surface area contributed by atoms with E-state index in [-0.39, 0.29) is 6.79 Å². The van der Waals surface area contributed by atoms with E-state index in [9.17, 15) is 0 Å². The first-order valence-corrected chi connectivity index (χ1v) is 9.46. The topological polar surface area (TPSA) is 62.1 Å². The summed E-state index contributed by atoms with van der Waals surface area (Å²) < 4.78 is 12.8. The minimum absolute atomic E-state index is 0.271. The summed E-state index contributed by atoms with van der Waals surface area (Å²) in [4.78, 5) is 14.6. The molecular formula is C20H16N4O2S. The Labute approximate surface area is 160 Å². The van der Waals surface area contributed by atoms with Crippen molar-refractivity contribution in [1.29, 1.82) is 0 Å². The number of rotatable bonds is 5. The normalized spacial score (nSPS) is 12.6. The lowest BCUT2D eigenvalue weighted by Crippen LogP contribution is -2.07. The number of nitrogens with zero attached hydrogens (tertiary/aromatic N) is 4. The van der Waals surface area contributed by atoms with Crippen LogP contribution in [0.15, 0.2) is 71.1 Å². The average Bonchev–Trinajstić information content (AvgIpc) is 3.33. The van der Waals surface area contributed by atoms with Crippen molar-refractivity contribution in [2.24, 2.45) is 0 Å². The van der Waals surface area contributed by atoms with Gasteiger partial charge in [-0.25, -0.2) is 15.0 Å². The number of aromatic nitrogens is 4. The fraction of sp³-hybridized carbons (Fsp3) is 0.150. The van der Waals surface area contributed by atoms with Gasteiger partial charge in [0.2, 0.25) is 6.79 Å². The fourth-order valence-corrected chi connectivity index (χ4v) is 3.80. The van der Waals surface area contributed by atoms with Crippen LogP contribution in [0.25, 0.3) is 11.5 Å². The van der Waals surface area contributed by atoms with Crippen LogP contribution in [0.3, 0.4) is 0 Å². The van der Waals surface area contributed by atoms with Crippen molar-refractivity contribution in [3.8, 4) is 23.0 Å². The van der Waals surface area contributed by atoms with Crippen LogP contribution in [0.1, 0.15) is 5.56 Å². The van der Waals surface area contributed by atoms with Crippen LogP contribution >= 0.6 is 11.8 Å². The molecule has 3 heterocycles. The standard InChI is InChI=1S/C20H16N4O2S/c1-2-4-14(5-3-1)8-9-24-12-21-11-16-19(24)23-20(22-16)27-15-6-7-17-18(10-15)26-13-25-17/h1-7,10-12H,8-9,13H2. The number of imidazole rings is 1. The first kappa shape index (κ1) is 16.1. The molecule has 2 aromatic carbocycles. The summed E-state index contributed by atoms with van der Waals surface area (Å²) in [7, 11) is 0. The number of aryl methyl sites for hydroxylation is 2. The molecule has 0 spiro atoms. The van der Waals surface area contributed by atoms with Crippen LogP contribution in [0.5, 0.6) is 11.5 Å². The molecule has 0 aliphatic carbocycles. The van der Waals surface area contributed by atoms with E-state index in [0.717, 1.165) is 40.9 Å². The average molecular weight is 376 g/mol. The summed E-state index contributed by atoms with van der Waals surface area (Å²) in [6, 6.07) is 16.3. The van der Waals surface area contributed by atoms with E-state index in [2.05, 4.69) is 38.8 Å². The van der Waals surface area contributed by atoms with Crippen molar-refractivity contribution < 1.29 is 9.47 Å². The van der Waals surface area contributed by atoms with Gasteiger partial charge >= 0.3 is 0 Å². The van der Waals surface area contributed by atoms with E-state index in [0.29, 0.717) is 5.16 Å². The number of benzene rings is 2. The minimum atomic E-state index is 0.271. The molecule has 0 bridgehead atoms. The molecule has 0 unspecified atom stereocenters. The molecule has 0 fully saturated rings. The third kappa shape index (κ3) is 3.33. The maximum Gasteiger partial charge on any atom is 0.231 e. The molecule has 6 nitrogen and oxygen atoms in total. The quantitative estimate of drug-likeness (QED) is 0.526. The molecule has 0 radical (unpaired) electrons. The van der Waals surface area contributed by atoms with Crippen LogP contribution in [-0.4, -0.2) is 26.3 Å². The Morgan fingerprint density at radius 3 is 2.81 bits per heavy atom. The molecule has 3 aliphatic heterocycles. The molecule has 0 aromatic heterocycles. The second kappa shape index (κ2) is 6.92. The molecule has 0 saturated carbocycles. The molecule has 0 N–H and O–H groups in total. The molecule has 2 aromatic rings. The van der Waals surface area contributed by atoms with E-state index in [4.69, 9.17) is 14.5 Å². The van der Waals surface area contributed by atoms with Crippen LogP contribution in [-0.2, 0) is 13.0 Å². The fourth-order valence-electron chi connectivity index (χ4n) is 3.01. The summed E-state index contributed by atoms with van der Waals surface area (Å²) in [5.41, 5.74) is 2.09. The highest BCUT2D eigenvalue weighted by Gasteiger charge is 2.18. The largest absolute Gasteiger partial charge is 0.454 e. The van der Waals surface area contributed by atoms with Crippen molar-refractivity contribution in [3.63, 3.8) is 0 Å². The van der Waals surface area contributed by atoms with Gasteiger partial charge in [0, 0.05) is 11.4 Å². The summed E-state index contributed by atoms with van der Waals surface area (Å²) in [6.45, 7) is 1.08. The zero-order valence-corrected chi connectivity index (χ0v) is 15.2. The van der Waals surface area contributed by atoms with E-state index in [1.807, 2.05) is 30.6 Å². The molecule has 27 heavy (non-hydrogen) atoms. The van der Waals surface area contributed by atoms with Gasteiger partial charge in [0.25, 0.3) is 0 Å². The van der Waals surface area contributed by atoms with E-state index in [1.165, 1.54) is 17.3 Å². The van der Waals surface area contributed by atoms with Crippen LogP contribution in [0, 0.1) is 0 Å². The minimum Gasteiger partial charge on any atom is -0.454 e. The van der Waals surface area contributed by atoms with Crippen molar-refractivity contribution in [1.82, 2.24) is 19.5 Å². The van der Waals surface area contributed by atoms with E-state index < -0.39 is 0 Å². The highest BCUT2D eigenvalue weighted by atomic mass is 32.2. The van der Waals surface area contributed by atoms with Crippen molar-refractivity contribution in [2.75, 3.05) is 6.79 Å². The van der Waals surface area contributed by atoms with Crippen LogP contribution < -0.4 is 9.47 Å². The van der Waals surface area contributed by atoms with Gasteiger partial charge < -0.3 is 14.0 Å². The zero-order valence-electron chi connectivity index (χ0n) is 14.4. The second-order valence-electron chi connectivity index (χ2n) is 6.15. The number of ether oxygens (including phenoxy) is 2. The first-order valence-electron chi connectivity index (χ1n) is 8.64. The molecule has 0 saturated heterocycles. The Kier molecular flexibility index (Phi) is 4.14. The highest BCUT2D eigenvalue weighted by Crippen LogP contribution is 2.38. The Balaban J connectivity index is 1.37. The van der Waals surface area contributed by atoms with E-state index >= 15 is 0 Å². The van der Waals surface area contributed by atoms with Gasteiger partial charge in [-0.2, -0.15) is 0 Å². The molecule has 0 amide bonds. The molecule has 134 valence electrons. The summed E-state index contributed by atoms with van der Waals surface area (Å²) in [6.07, 6.45) is 4.49. The Morgan fingerprint density at radius 1 is 1.00 bits per heavy atom. The van der Waals surface area contributed by atoms with Gasteiger partial charge in [-0.15, -0.1) is 0 Å². The first-order chi connectivity index (χ1) is 13.3. The lowest BCUT2D eigenvalue weighted by Gasteiger charge is -2.09. The van der Waals surface area contributed by atoms with E-state index in [1.54, 1.807) is 6.20 Å². The third-order valence-corrected chi connectivity index (χ3v) is 5.21. The molecular weight excluding hydrogens is 360 g/mol. The number of hydrogen-bond donors (Lipinski definition) is 0. The van der Waals surface area contributed by atoms with Gasteiger partial charge in [-0.05, 0) is 41.9 Å².